The van der Waals surface area contributed by atoms with Crippen molar-refractivity contribution in [3.63, 3.8) is 0 Å². The van der Waals surface area contributed by atoms with E-state index >= 15 is 0 Å². The van der Waals surface area contributed by atoms with Gasteiger partial charge in [0.15, 0.2) is 0 Å². The quantitative estimate of drug-likeness (QED) is 0.831. The first kappa shape index (κ1) is 3.38. The fourth-order valence-electron chi connectivity index (χ4n) is 0.817. The van der Waals surface area contributed by atoms with E-state index in [1.165, 1.54) is 0 Å². The van der Waals surface area contributed by atoms with E-state index < -0.39 is 48.8 Å². The van der Waals surface area contributed by atoms with E-state index in [0.717, 1.165) is 4.68 Å². The van der Waals surface area contributed by atoms with Gasteiger partial charge in [0.1, 0.15) is 10.4 Å². The molecule has 3 nitrogen and oxygen atoms in total. The lowest BCUT2D eigenvalue weighted by atomic mass is 10.3. The maximum atomic E-state index is 8.00. The number of ether oxygens (including phenoxy) is 1. The third-order valence-electron chi connectivity index (χ3n) is 1.36. The molecule has 0 spiro atoms. The van der Waals surface area contributed by atoms with Gasteiger partial charge in [-0.3, -0.25) is 0 Å². The van der Waals surface area contributed by atoms with Gasteiger partial charge in [0.2, 0.25) is 0 Å². The Hall–Kier alpha value is -1.29. The Labute approximate surface area is 103 Å². The molecule has 0 N–H and O–H groups in total. The van der Waals surface area contributed by atoms with E-state index in [-0.39, 0.29) is 10.6 Å². The fraction of sp³-hybridized carbons (Fsp3) is 0.100. The Bertz CT molecular complexity index is 786. The zero-order valence-corrected chi connectivity index (χ0v) is 8.27. The Kier molecular flexibility index (Phi) is 0.926. The summed E-state index contributed by atoms with van der Waals surface area (Å²) in [5.74, 6) is -0.710. The summed E-state index contributed by atoms with van der Waals surface area (Å²) in [4.78, 5) is 0. The van der Waals surface area contributed by atoms with Gasteiger partial charge in [-0.05, 0) is 34.1 Å². The zero-order valence-electron chi connectivity index (χ0n) is 15.7. The Morgan fingerprint density at radius 3 is 3.21 bits per heavy atom. The molecule has 1 heterocycles. The molecule has 0 aliphatic heterocycles. The maximum absolute atomic E-state index is 8.00. The van der Waals surface area contributed by atoms with Crippen LogP contribution in [-0.4, -0.2) is 16.8 Å². The van der Waals surface area contributed by atoms with Crippen LogP contribution in [-0.2, 0) is 0 Å². The van der Waals surface area contributed by atoms with Crippen molar-refractivity contribution in [1.29, 1.82) is 0 Å². The largest absolute Gasteiger partial charge is 0.497 e. The lowest BCUT2D eigenvalue weighted by Crippen LogP contribution is -1.94. The van der Waals surface area contributed by atoms with Gasteiger partial charge in [0, 0.05) is 12.2 Å². The van der Waals surface area contributed by atoms with Crippen molar-refractivity contribution in [2.24, 2.45) is 0 Å². The molecular weight excluding hydrogens is 244 g/mol. The number of rotatable bonds is 2. The standard InChI is InChI=1S/C10H9BrN2O/c1-14-9-4-2-3-8(7-9)13-6-5-10(11)12-13/h2-7H,1H3/i1D3,2D,3D,4D,5D,6D,7D. The number of hydrogen-bond acceptors (Lipinski definition) is 2. The summed E-state index contributed by atoms with van der Waals surface area (Å²) in [5.41, 5.74) is -0.408. The molecule has 14 heavy (non-hydrogen) atoms. The molecule has 0 aliphatic carbocycles. The van der Waals surface area contributed by atoms with Crippen LogP contribution in [0.1, 0.15) is 12.3 Å². The minimum atomic E-state index is -2.95. The van der Waals surface area contributed by atoms with Crippen molar-refractivity contribution < 1.29 is 17.1 Å². The molecular formula is C10H9BrN2O. The second kappa shape index (κ2) is 3.84. The van der Waals surface area contributed by atoms with E-state index in [1.807, 2.05) is 0 Å². The van der Waals surface area contributed by atoms with Crippen LogP contribution in [0.25, 0.3) is 5.69 Å². The molecule has 2 rings (SSSR count). The summed E-state index contributed by atoms with van der Waals surface area (Å²) in [5, 5.41) is 3.79. The Morgan fingerprint density at radius 2 is 2.50 bits per heavy atom. The van der Waals surface area contributed by atoms with Gasteiger partial charge in [-0.2, -0.15) is 5.10 Å². The maximum Gasteiger partial charge on any atom is 0.128 e. The van der Waals surface area contributed by atoms with Crippen molar-refractivity contribution in [3.05, 3.63) is 41.0 Å². The number of nitrogens with zero attached hydrogens (tertiary/aromatic N) is 2. The van der Waals surface area contributed by atoms with Gasteiger partial charge < -0.3 is 4.74 Å². The lowest BCUT2D eigenvalue weighted by Gasteiger charge is -2.03. The molecule has 0 radical (unpaired) electrons. The third-order valence-corrected chi connectivity index (χ3v) is 1.71. The SMILES string of the molecule is [2H]c1c([2H])c(OC([2H])([2H])[2H])c([2H])c(-n2nc(Br)c([2H])c2[2H])c1[2H]. The minimum absolute atomic E-state index is 0.0129. The van der Waals surface area contributed by atoms with E-state index in [2.05, 4.69) is 25.8 Å². The minimum Gasteiger partial charge on any atom is -0.497 e. The van der Waals surface area contributed by atoms with Crippen molar-refractivity contribution in [2.45, 2.75) is 0 Å². The van der Waals surface area contributed by atoms with Crippen LogP contribution >= 0.6 is 15.9 Å². The molecule has 1 aromatic carbocycles. The monoisotopic (exact) mass is 261 g/mol. The van der Waals surface area contributed by atoms with Crippen LogP contribution in [0.15, 0.2) is 41.0 Å². The van der Waals surface area contributed by atoms with Crippen LogP contribution in [0.5, 0.6) is 5.75 Å². The van der Waals surface area contributed by atoms with Gasteiger partial charge in [-0.1, -0.05) is 6.04 Å². The number of halogens is 1. The molecule has 4 heteroatoms. The number of aromatic nitrogens is 2. The molecule has 2 aromatic rings. The van der Waals surface area contributed by atoms with E-state index in [4.69, 9.17) is 12.3 Å². The molecule has 0 bridgehead atoms. The van der Waals surface area contributed by atoms with Gasteiger partial charge in [0.25, 0.3) is 0 Å². The van der Waals surface area contributed by atoms with Crippen molar-refractivity contribution in [1.82, 2.24) is 9.78 Å². The van der Waals surface area contributed by atoms with E-state index in [0.29, 0.717) is 0 Å². The predicted molar refractivity (Wildman–Crippen MR) is 57.8 cm³/mol. The Morgan fingerprint density at radius 1 is 1.57 bits per heavy atom. The van der Waals surface area contributed by atoms with Crippen LogP contribution in [0.4, 0.5) is 0 Å². The van der Waals surface area contributed by atoms with Crippen molar-refractivity contribution in [2.75, 3.05) is 7.04 Å². The number of methoxy groups -OCH3 is 1. The zero-order chi connectivity index (χ0) is 17.7. The predicted octanol–water partition coefficient (Wildman–Crippen LogP) is 2.64. The summed E-state index contributed by atoms with van der Waals surface area (Å²) in [6.45, 7) is 0. The number of benzene rings is 1. The molecule has 0 saturated carbocycles. The normalized spacial score (nSPS) is 20.2. The van der Waals surface area contributed by atoms with Crippen LogP contribution in [0.2, 0.25) is 0 Å². The van der Waals surface area contributed by atoms with Crippen molar-refractivity contribution in [3.8, 4) is 11.4 Å². The smallest absolute Gasteiger partial charge is 0.128 e. The van der Waals surface area contributed by atoms with Crippen LogP contribution < -0.4 is 4.74 Å². The highest BCUT2D eigenvalue weighted by Gasteiger charge is 1.99. The molecule has 0 unspecified atom stereocenters. The first-order chi connectivity index (χ1) is 10.5. The summed E-state index contributed by atoms with van der Waals surface area (Å²) >= 11 is 2.95. The first-order valence-electron chi connectivity index (χ1n) is 7.97. The summed E-state index contributed by atoms with van der Waals surface area (Å²) in [7, 11) is -2.95. The van der Waals surface area contributed by atoms with E-state index in [1.54, 1.807) is 0 Å². The third kappa shape index (κ3) is 1.80. The van der Waals surface area contributed by atoms with E-state index in [9.17, 15) is 0 Å². The average Bonchev–Trinajstić information content (AvgIpc) is 2.69. The molecule has 0 amide bonds. The molecule has 0 atom stereocenters. The fourth-order valence-corrected chi connectivity index (χ4v) is 1.06. The van der Waals surface area contributed by atoms with Crippen molar-refractivity contribution >= 4 is 15.9 Å². The Balaban J connectivity index is 2.81. The van der Waals surface area contributed by atoms with Crippen LogP contribution in [0.3, 0.4) is 0 Å². The molecule has 0 saturated heterocycles. The van der Waals surface area contributed by atoms with Gasteiger partial charge in [-0.15, -0.1) is 0 Å². The topological polar surface area (TPSA) is 27.1 Å². The van der Waals surface area contributed by atoms with Gasteiger partial charge in [-0.25, -0.2) is 4.68 Å². The highest BCUT2D eigenvalue weighted by molar-refractivity contribution is 9.10. The average molecular weight is 262 g/mol. The second-order valence-corrected chi connectivity index (χ2v) is 2.97. The van der Waals surface area contributed by atoms with Gasteiger partial charge >= 0.3 is 0 Å². The summed E-state index contributed by atoms with van der Waals surface area (Å²) in [6, 6.07) is -2.96. The molecule has 0 aliphatic rings. The first-order valence-corrected chi connectivity index (χ1v) is 4.26. The van der Waals surface area contributed by atoms with Gasteiger partial charge in [0.05, 0.1) is 25.1 Å². The molecule has 72 valence electrons. The summed E-state index contributed by atoms with van der Waals surface area (Å²) in [6.07, 6.45) is -0.462. The highest BCUT2D eigenvalue weighted by atomic mass is 79.9. The second-order valence-electron chi connectivity index (χ2n) is 2.22. The lowest BCUT2D eigenvalue weighted by molar-refractivity contribution is 0.414. The molecule has 1 aromatic heterocycles. The molecule has 0 fully saturated rings. The summed E-state index contributed by atoms with van der Waals surface area (Å²) < 4.78 is 73.3. The van der Waals surface area contributed by atoms with Crippen LogP contribution in [0, 0.1) is 0 Å². The highest BCUT2D eigenvalue weighted by Crippen LogP contribution is 2.16. The number of hydrogen-bond donors (Lipinski definition) is 0.